The highest BCUT2D eigenvalue weighted by molar-refractivity contribution is 7.09. The zero-order chi connectivity index (χ0) is 19.8. The van der Waals surface area contributed by atoms with Crippen LogP contribution in [-0.4, -0.2) is 42.0 Å². The Labute approximate surface area is 171 Å². The molecule has 28 heavy (non-hydrogen) atoms. The summed E-state index contributed by atoms with van der Waals surface area (Å²) in [5.74, 6) is 1.89. The number of anilines is 1. The van der Waals surface area contributed by atoms with Crippen molar-refractivity contribution >= 4 is 22.6 Å². The summed E-state index contributed by atoms with van der Waals surface area (Å²) in [5.41, 5.74) is 1.13. The molecule has 0 spiro atoms. The van der Waals surface area contributed by atoms with Gasteiger partial charge in [-0.15, -0.1) is 0 Å². The molecule has 6 nitrogen and oxygen atoms in total. The Morgan fingerprint density at radius 3 is 3.11 bits per heavy atom. The highest BCUT2D eigenvalue weighted by atomic mass is 32.1. The van der Waals surface area contributed by atoms with Crippen LogP contribution in [0.15, 0.2) is 24.3 Å². The third-order valence-electron chi connectivity index (χ3n) is 5.10. The zero-order valence-corrected chi connectivity index (χ0v) is 17.6. The van der Waals surface area contributed by atoms with Crippen LogP contribution in [0.25, 0.3) is 0 Å². The summed E-state index contributed by atoms with van der Waals surface area (Å²) in [6.45, 7) is 4.62. The highest BCUT2D eigenvalue weighted by Crippen LogP contribution is 2.26. The van der Waals surface area contributed by atoms with Crippen LogP contribution in [0.2, 0.25) is 0 Å². The second-order valence-corrected chi connectivity index (χ2v) is 8.04. The molecule has 1 fully saturated rings. The van der Waals surface area contributed by atoms with Crippen LogP contribution in [0, 0.1) is 5.92 Å². The Balaban J connectivity index is 1.55. The van der Waals surface area contributed by atoms with Gasteiger partial charge in [0, 0.05) is 37.6 Å². The maximum absolute atomic E-state index is 12.5. The molecule has 1 atom stereocenters. The van der Waals surface area contributed by atoms with Crippen LogP contribution >= 0.6 is 11.5 Å². The molecule has 152 valence electrons. The van der Waals surface area contributed by atoms with Crippen LogP contribution in [-0.2, 0) is 11.2 Å². The van der Waals surface area contributed by atoms with E-state index in [1.54, 1.807) is 7.11 Å². The van der Waals surface area contributed by atoms with Gasteiger partial charge in [-0.25, -0.2) is 4.98 Å². The fraction of sp³-hybridized carbons (Fsp3) is 0.571. The molecule has 1 aliphatic rings. The number of carbonyl (C=O) groups excluding carboxylic acids is 1. The van der Waals surface area contributed by atoms with E-state index in [1.165, 1.54) is 18.0 Å². The largest absolute Gasteiger partial charge is 0.497 e. The third kappa shape index (κ3) is 5.67. The van der Waals surface area contributed by atoms with Crippen molar-refractivity contribution in [3.05, 3.63) is 35.7 Å². The molecule has 7 heteroatoms. The van der Waals surface area contributed by atoms with Gasteiger partial charge in [0.25, 0.3) is 0 Å². The number of carbonyl (C=O) groups is 1. The number of nitrogens with one attached hydrogen (secondary N) is 1. The molecule has 3 rings (SSSR count). The number of hydrogen-bond acceptors (Lipinski definition) is 6. The average molecular weight is 403 g/mol. The first-order valence-corrected chi connectivity index (χ1v) is 10.9. The minimum Gasteiger partial charge on any atom is -0.497 e. The highest BCUT2D eigenvalue weighted by Gasteiger charge is 2.27. The lowest BCUT2D eigenvalue weighted by Gasteiger charge is -2.31. The van der Waals surface area contributed by atoms with Gasteiger partial charge in [0.15, 0.2) is 0 Å². The van der Waals surface area contributed by atoms with E-state index in [9.17, 15) is 4.79 Å². The second kappa shape index (κ2) is 10.4. The van der Waals surface area contributed by atoms with E-state index in [-0.39, 0.29) is 11.8 Å². The number of hydrogen-bond donors (Lipinski definition) is 1. The first-order valence-electron chi connectivity index (χ1n) is 10.2. The Kier molecular flexibility index (Phi) is 7.65. The lowest BCUT2D eigenvalue weighted by atomic mass is 9.97. The molecule has 2 aromatic rings. The molecule has 1 saturated heterocycles. The van der Waals surface area contributed by atoms with E-state index < -0.39 is 0 Å². The normalized spacial score (nSPS) is 16.8. The lowest BCUT2D eigenvalue weighted by Crippen LogP contribution is -2.43. The second-order valence-electron chi connectivity index (χ2n) is 7.30. The minimum absolute atomic E-state index is 0.0427. The number of aromatic nitrogens is 2. The molecule has 0 aliphatic carbocycles. The summed E-state index contributed by atoms with van der Waals surface area (Å²) >= 11 is 1.43. The van der Waals surface area contributed by atoms with E-state index >= 15 is 0 Å². The van der Waals surface area contributed by atoms with Gasteiger partial charge in [0.1, 0.15) is 11.6 Å². The quantitative estimate of drug-likeness (QED) is 0.649. The SMILES string of the molecule is CCCCCNC(=O)C1CCCN(c2nc(Cc3cccc(OC)c3)ns2)C1. The third-order valence-corrected chi connectivity index (χ3v) is 5.91. The van der Waals surface area contributed by atoms with Gasteiger partial charge >= 0.3 is 0 Å². The van der Waals surface area contributed by atoms with Crippen molar-refractivity contribution < 1.29 is 9.53 Å². The van der Waals surface area contributed by atoms with Gasteiger partial charge in [0.05, 0.1) is 13.0 Å². The first kappa shape index (κ1) is 20.6. The van der Waals surface area contributed by atoms with Crippen LogP contribution in [0.3, 0.4) is 0 Å². The summed E-state index contributed by atoms with van der Waals surface area (Å²) in [5, 5.41) is 4.02. The maximum atomic E-state index is 12.5. The molecule has 1 aromatic heterocycles. The van der Waals surface area contributed by atoms with E-state index in [1.807, 2.05) is 18.2 Å². The van der Waals surface area contributed by atoms with Crippen molar-refractivity contribution in [2.75, 3.05) is 31.6 Å². The van der Waals surface area contributed by atoms with Crippen LogP contribution in [0.1, 0.15) is 50.4 Å². The summed E-state index contributed by atoms with van der Waals surface area (Å²) in [6.07, 6.45) is 6.04. The number of ether oxygens (including phenoxy) is 1. The fourth-order valence-electron chi connectivity index (χ4n) is 3.51. The van der Waals surface area contributed by atoms with E-state index in [0.29, 0.717) is 6.42 Å². The first-order chi connectivity index (χ1) is 13.7. The lowest BCUT2D eigenvalue weighted by molar-refractivity contribution is -0.125. The van der Waals surface area contributed by atoms with Crippen molar-refractivity contribution in [3.63, 3.8) is 0 Å². The minimum atomic E-state index is 0.0427. The molecular formula is C21H30N4O2S. The van der Waals surface area contributed by atoms with Crippen molar-refractivity contribution in [2.45, 2.75) is 45.4 Å². The molecule has 0 saturated carbocycles. The van der Waals surface area contributed by atoms with E-state index in [0.717, 1.165) is 67.6 Å². The molecule has 2 heterocycles. The van der Waals surface area contributed by atoms with E-state index in [4.69, 9.17) is 9.72 Å². The number of methoxy groups -OCH3 is 1. The topological polar surface area (TPSA) is 67.4 Å². The van der Waals surface area contributed by atoms with E-state index in [2.05, 4.69) is 27.6 Å². The summed E-state index contributed by atoms with van der Waals surface area (Å²) in [6, 6.07) is 7.99. The Bertz CT molecular complexity index is 764. The average Bonchev–Trinajstić information content (AvgIpc) is 3.20. The number of nitrogens with zero attached hydrogens (tertiary/aromatic N) is 3. The number of rotatable bonds is 9. The Morgan fingerprint density at radius 1 is 1.39 bits per heavy atom. The summed E-state index contributed by atoms with van der Waals surface area (Å²) in [4.78, 5) is 19.4. The van der Waals surface area contributed by atoms with Crippen molar-refractivity contribution in [1.29, 1.82) is 0 Å². The number of piperidine rings is 1. The van der Waals surface area contributed by atoms with Gasteiger partial charge < -0.3 is 15.0 Å². The molecule has 1 unspecified atom stereocenters. The van der Waals surface area contributed by atoms with Gasteiger partial charge in [0.2, 0.25) is 11.0 Å². The van der Waals surface area contributed by atoms with Crippen LogP contribution in [0.4, 0.5) is 5.13 Å². The van der Waals surface area contributed by atoms with Crippen molar-refractivity contribution in [2.24, 2.45) is 5.92 Å². The fourth-order valence-corrected chi connectivity index (χ4v) is 4.23. The zero-order valence-electron chi connectivity index (χ0n) is 16.8. The van der Waals surface area contributed by atoms with Crippen LogP contribution in [0.5, 0.6) is 5.75 Å². The molecular weight excluding hydrogens is 372 g/mol. The Hall–Kier alpha value is -2.15. The smallest absolute Gasteiger partial charge is 0.224 e. The number of unbranched alkanes of at least 4 members (excludes halogenated alkanes) is 2. The van der Waals surface area contributed by atoms with Gasteiger partial charge in [-0.2, -0.15) is 4.37 Å². The Morgan fingerprint density at radius 2 is 2.29 bits per heavy atom. The molecule has 1 amide bonds. The predicted molar refractivity (Wildman–Crippen MR) is 113 cm³/mol. The van der Waals surface area contributed by atoms with Crippen LogP contribution < -0.4 is 15.0 Å². The summed E-state index contributed by atoms with van der Waals surface area (Å²) < 4.78 is 9.81. The van der Waals surface area contributed by atoms with Gasteiger partial charge in [-0.3, -0.25) is 4.79 Å². The molecule has 0 radical (unpaired) electrons. The number of benzene rings is 1. The summed E-state index contributed by atoms with van der Waals surface area (Å²) in [7, 11) is 1.67. The van der Waals surface area contributed by atoms with Crippen molar-refractivity contribution in [3.8, 4) is 5.75 Å². The van der Waals surface area contributed by atoms with Gasteiger partial charge in [-0.1, -0.05) is 31.9 Å². The number of amides is 1. The standard InChI is InChI=1S/C21H30N4O2S/c1-3-4-5-11-22-20(26)17-9-7-12-25(15-17)21-23-19(24-28-21)14-16-8-6-10-18(13-16)27-2/h6,8,10,13,17H,3-5,7,9,11-12,14-15H2,1-2H3,(H,22,26). The van der Waals surface area contributed by atoms with Gasteiger partial charge in [-0.05, 0) is 37.0 Å². The predicted octanol–water partition coefficient (Wildman–Crippen LogP) is 3.66. The monoisotopic (exact) mass is 402 g/mol. The molecule has 1 aliphatic heterocycles. The van der Waals surface area contributed by atoms with Crippen molar-refractivity contribution in [1.82, 2.24) is 14.7 Å². The molecule has 1 aromatic carbocycles. The molecule has 1 N–H and O–H groups in total. The molecule has 0 bridgehead atoms. The maximum Gasteiger partial charge on any atom is 0.224 e.